The van der Waals surface area contributed by atoms with Gasteiger partial charge < -0.3 is 18.9 Å². The van der Waals surface area contributed by atoms with Crippen LogP contribution in [0, 0.1) is 0 Å². The van der Waals surface area contributed by atoms with Crippen molar-refractivity contribution in [2.24, 2.45) is 0 Å². The van der Waals surface area contributed by atoms with E-state index in [1.807, 2.05) is 27.7 Å². The Morgan fingerprint density at radius 2 is 1.06 bits per heavy atom. The van der Waals surface area contributed by atoms with Gasteiger partial charge in [0.05, 0.1) is 25.4 Å². The van der Waals surface area contributed by atoms with Crippen molar-refractivity contribution in [3.8, 4) is 0 Å². The van der Waals surface area contributed by atoms with Crippen LogP contribution in [0.4, 0.5) is 0 Å². The number of hydrogen-bond donors (Lipinski definition) is 0. The number of rotatable bonds is 14. The lowest BCUT2D eigenvalue weighted by molar-refractivity contribution is -0.148. The van der Waals surface area contributed by atoms with Gasteiger partial charge in [-0.05, 0) is 76.4 Å². The molecule has 198 valence electrons. The van der Waals surface area contributed by atoms with Gasteiger partial charge in [0.25, 0.3) is 0 Å². The van der Waals surface area contributed by atoms with Crippen molar-refractivity contribution in [1.29, 1.82) is 0 Å². The summed E-state index contributed by atoms with van der Waals surface area (Å²) in [6.07, 6.45) is 1.44. The standard InChI is InChI=1S/C15H24O6.C15H18/c1-6-14(16)20-9-12(4)18-8-11(3)19-10-13(5)21-15(17)7-2;1-10(2)13-7-14(11(3)4)9-15(8-13)12(5)6/h6-7,11-13H,1-2,8-10H2,3-5H3;7-9H,1,3,5H2,2,4,6H3. The maximum absolute atomic E-state index is 11.0. The fourth-order valence-corrected chi connectivity index (χ4v) is 2.60. The van der Waals surface area contributed by atoms with Crippen molar-refractivity contribution >= 4 is 28.7 Å². The molecule has 0 fully saturated rings. The topological polar surface area (TPSA) is 71.1 Å². The van der Waals surface area contributed by atoms with Crippen LogP contribution >= 0.6 is 0 Å². The van der Waals surface area contributed by atoms with Crippen LogP contribution in [0.25, 0.3) is 16.7 Å². The molecule has 0 N–H and O–H groups in total. The van der Waals surface area contributed by atoms with E-state index in [-0.39, 0.29) is 31.5 Å². The second-order valence-electron chi connectivity index (χ2n) is 8.71. The summed E-state index contributed by atoms with van der Waals surface area (Å²) in [7, 11) is 0. The highest BCUT2D eigenvalue weighted by molar-refractivity contribution is 5.81. The van der Waals surface area contributed by atoms with Crippen LogP contribution in [0.1, 0.15) is 58.2 Å². The quantitative estimate of drug-likeness (QED) is 0.217. The second-order valence-corrected chi connectivity index (χ2v) is 8.71. The second kappa shape index (κ2) is 17.2. The molecule has 0 amide bonds. The number of allylic oxidation sites excluding steroid dienone is 3. The van der Waals surface area contributed by atoms with Crippen LogP contribution in [0.5, 0.6) is 0 Å². The summed E-state index contributed by atoms with van der Waals surface area (Å²) < 4.78 is 20.8. The monoisotopic (exact) mass is 498 g/mol. The van der Waals surface area contributed by atoms with E-state index in [0.717, 1.165) is 45.6 Å². The number of hydrogen-bond acceptors (Lipinski definition) is 6. The van der Waals surface area contributed by atoms with Crippen LogP contribution in [-0.2, 0) is 28.5 Å². The van der Waals surface area contributed by atoms with E-state index >= 15 is 0 Å². The Morgan fingerprint density at radius 3 is 1.42 bits per heavy atom. The number of benzene rings is 1. The molecule has 1 rings (SSSR count). The third kappa shape index (κ3) is 14.2. The Hall–Kier alpha value is -3.22. The third-order valence-corrected chi connectivity index (χ3v) is 4.75. The van der Waals surface area contributed by atoms with Gasteiger partial charge in [-0.3, -0.25) is 0 Å². The molecule has 0 saturated heterocycles. The van der Waals surface area contributed by atoms with E-state index in [1.165, 1.54) is 0 Å². The first-order valence-electron chi connectivity index (χ1n) is 11.8. The van der Waals surface area contributed by atoms with Gasteiger partial charge in [-0.2, -0.15) is 0 Å². The smallest absolute Gasteiger partial charge is 0.330 e. The Labute approximate surface area is 217 Å². The van der Waals surface area contributed by atoms with Crippen molar-refractivity contribution in [3.63, 3.8) is 0 Å². The van der Waals surface area contributed by atoms with E-state index < -0.39 is 11.9 Å². The summed E-state index contributed by atoms with van der Waals surface area (Å²) in [6, 6.07) is 6.37. The maximum Gasteiger partial charge on any atom is 0.330 e. The Morgan fingerprint density at radius 1 is 0.694 bits per heavy atom. The fourth-order valence-electron chi connectivity index (χ4n) is 2.60. The molecule has 0 bridgehead atoms. The lowest BCUT2D eigenvalue weighted by Gasteiger charge is -2.19. The molecule has 0 aliphatic rings. The summed E-state index contributed by atoms with van der Waals surface area (Å²) in [4.78, 5) is 21.8. The van der Waals surface area contributed by atoms with E-state index in [0.29, 0.717) is 6.61 Å². The maximum atomic E-state index is 11.0. The lowest BCUT2D eigenvalue weighted by Crippen LogP contribution is -2.27. The first kappa shape index (κ1) is 32.8. The summed E-state index contributed by atoms with van der Waals surface area (Å²) in [5.41, 5.74) is 6.69. The zero-order valence-electron chi connectivity index (χ0n) is 22.7. The fraction of sp³-hybridized carbons (Fsp3) is 0.400. The number of ether oxygens (including phenoxy) is 4. The molecule has 1 aromatic carbocycles. The van der Waals surface area contributed by atoms with Crippen molar-refractivity contribution in [2.45, 2.75) is 59.9 Å². The minimum atomic E-state index is -0.479. The zero-order valence-corrected chi connectivity index (χ0v) is 22.7. The lowest BCUT2D eigenvalue weighted by atomic mass is 9.96. The molecule has 0 spiro atoms. The normalized spacial score (nSPS) is 12.6. The molecule has 0 heterocycles. The van der Waals surface area contributed by atoms with Gasteiger partial charge in [-0.15, -0.1) is 0 Å². The zero-order chi connectivity index (χ0) is 27.8. The molecule has 0 aliphatic heterocycles. The van der Waals surface area contributed by atoms with E-state index in [2.05, 4.69) is 51.1 Å². The van der Waals surface area contributed by atoms with E-state index in [1.54, 1.807) is 13.8 Å². The van der Waals surface area contributed by atoms with E-state index in [4.69, 9.17) is 18.9 Å². The van der Waals surface area contributed by atoms with Gasteiger partial charge in [-0.1, -0.05) is 49.6 Å². The van der Waals surface area contributed by atoms with E-state index in [9.17, 15) is 9.59 Å². The molecule has 36 heavy (non-hydrogen) atoms. The average molecular weight is 499 g/mol. The van der Waals surface area contributed by atoms with Crippen molar-refractivity contribution in [2.75, 3.05) is 19.8 Å². The highest BCUT2D eigenvalue weighted by Crippen LogP contribution is 2.24. The first-order valence-corrected chi connectivity index (χ1v) is 11.8. The van der Waals surface area contributed by atoms with Gasteiger partial charge in [0.2, 0.25) is 0 Å². The Kier molecular flexibility index (Phi) is 15.7. The minimum absolute atomic E-state index is 0.158. The molecule has 0 aromatic heterocycles. The number of carbonyl (C=O) groups excluding carboxylic acids is 2. The van der Waals surface area contributed by atoms with Crippen LogP contribution in [-0.4, -0.2) is 50.1 Å². The predicted molar refractivity (Wildman–Crippen MR) is 148 cm³/mol. The van der Waals surface area contributed by atoms with Gasteiger partial charge >= 0.3 is 11.9 Å². The van der Waals surface area contributed by atoms with Gasteiger partial charge in [0.15, 0.2) is 0 Å². The molecule has 0 saturated carbocycles. The molecule has 1 aromatic rings. The van der Waals surface area contributed by atoms with Gasteiger partial charge in [0.1, 0.15) is 12.7 Å². The summed E-state index contributed by atoms with van der Waals surface area (Å²) >= 11 is 0. The molecular formula is C30H42O6. The van der Waals surface area contributed by atoms with Gasteiger partial charge in [0, 0.05) is 12.2 Å². The highest BCUT2D eigenvalue weighted by atomic mass is 16.6. The molecule has 3 unspecified atom stereocenters. The molecule has 3 atom stereocenters. The van der Waals surface area contributed by atoms with Crippen molar-refractivity contribution in [3.05, 3.63) is 79.9 Å². The van der Waals surface area contributed by atoms with Crippen LogP contribution in [0.2, 0.25) is 0 Å². The predicted octanol–water partition coefficient (Wildman–Crippen LogP) is 6.43. The molecule has 0 aliphatic carbocycles. The van der Waals surface area contributed by atoms with Gasteiger partial charge in [-0.25, -0.2) is 9.59 Å². The summed E-state index contributed by atoms with van der Waals surface area (Å²) in [5, 5.41) is 0. The molecule has 6 heteroatoms. The van der Waals surface area contributed by atoms with Crippen LogP contribution in [0.3, 0.4) is 0 Å². The van der Waals surface area contributed by atoms with Crippen LogP contribution in [0.15, 0.2) is 63.2 Å². The highest BCUT2D eigenvalue weighted by Gasteiger charge is 2.12. The number of carbonyl (C=O) groups is 2. The Bertz CT molecular complexity index is 864. The average Bonchev–Trinajstić information content (AvgIpc) is 2.84. The third-order valence-electron chi connectivity index (χ3n) is 4.75. The molecule has 6 nitrogen and oxygen atoms in total. The SMILES string of the molecule is C=C(C)c1cc(C(=C)C)cc(C(=C)C)c1.C=CC(=O)OCC(C)OCC(C)OCC(C)OC(=O)C=C. The minimum Gasteiger partial charge on any atom is -0.460 e. The van der Waals surface area contributed by atoms with Crippen molar-refractivity contribution < 1.29 is 28.5 Å². The van der Waals surface area contributed by atoms with Crippen LogP contribution < -0.4 is 0 Å². The number of esters is 2. The largest absolute Gasteiger partial charge is 0.460 e. The summed E-state index contributed by atoms with van der Waals surface area (Å²) in [5.74, 6) is -0.958. The molecule has 0 radical (unpaired) electrons. The summed E-state index contributed by atoms with van der Waals surface area (Å²) in [6.45, 7) is 30.7. The van der Waals surface area contributed by atoms with Crippen molar-refractivity contribution in [1.82, 2.24) is 0 Å². The first-order chi connectivity index (χ1) is 16.8. The molecular weight excluding hydrogens is 456 g/mol. The Balaban J connectivity index is 0.000000717.